The molecule has 0 unspecified atom stereocenters. The summed E-state index contributed by atoms with van der Waals surface area (Å²) in [5.74, 6) is 0. The molecule has 0 spiro atoms. The highest BCUT2D eigenvalue weighted by Gasteiger charge is 2.76. The molecule has 0 saturated carbocycles. The predicted octanol–water partition coefficient (Wildman–Crippen LogP) is 4.93. The minimum absolute atomic E-state index is 3.96. The summed E-state index contributed by atoms with van der Waals surface area (Å²) in [5.41, 5.74) is -12.6. The van der Waals surface area contributed by atoms with E-state index in [2.05, 4.69) is 11.2 Å². The predicted molar refractivity (Wildman–Crippen MR) is 34.8 cm³/mol. The molecule has 0 amide bonds. The summed E-state index contributed by atoms with van der Waals surface area (Å²) >= 11 is 3.96. The third-order valence-electron chi connectivity index (χ3n) is 1.18. The van der Waals surface area contributed by atoms with Gasteiger partial charge in [-0.3, -0.25) is 0 Å². The Labute approximate surface area is 87.1 Å². The van der Waals surface area contributed by atoms with Gasteiger partial charge in [-0.15, -0.1) is 0 Å². The molecular formula is C4ClF10P. The van der Waals surface area contributed by atoms with Gasteiger partial charge < -0.3 is 0 Å². The molecule has 0 saturated heterocycles. The van der Waals surface area contributed by atoms with Crippen LogP contribution in [0.4, 0.5) is 43.9 Å². The molecule has 16 heavy (non-hydrogen) atoms. The highest BCUT2D eigenvalue weighted by Crippen LogP contribution is 2.74. The van der Waals surface area contributed by atoms with Crippen molar-refractivity contribution in [2.75, 3.05) is 0 Å². The standard InChI is InChI=1S/C4ClF10P/c5-16(3(12,13)1(6,7)8)4(14,15)2(9,10)11. The van der Waals surface area contributed by atoms with Gasteiger partial charge in [0.05, 0.1) is 0 Å². The fourth-order valence-electron chi connectivity index (χ4n) is 0.399. The first-order chi connectivity index (χ1) is 6.65. The van der Waals surface area contributed by atoms with Gasteiger partial charge in [-0.1, -0.05) is 11.2 Å². The molecule has 0 bridgehead atoms. The summed E-state index contributed by atoms with van der Waals surface area (Å²) in [6.07, 6.45) is -13.1. The first-order valence-corrected chi connectivity index (χ1v) is 5.25. The summed E-state index contributed by atoms with van der Waals surface area (Å²) in [4.78, 5) is 0. The number of hydrogen-bond acceptors (Lipinski definition) is 0. The summed E-state index contributed by atoms with van der Waals surface area (Å²) in [7, 11) is -5.49. The zero-order chi connectivity index (χ0) is 13.6. The van der Waals surface area contributed by atoms with E-state index < -0.39 is 31.0 Å². The quantitative estimate of drug-likeness (QED) is 0.501. The summed E-state index contributed by atoms with van der Waals surface area (Å²) in [6, 6.07) is 0. The van der Waals surface area contributed by atoms with Crippen LogP contribution < -0.4 is 0 Å². The average molecular weight is 304 g/mol. The van der Waals surface area contributed by atoms with Crippen molar-refractivity contribution >= 4 is 18.5 Å². The number of alkyl halides is 10. The first kappa shape index (κ1) is 16.0. The van der Waals surface area contributed by atoms with Crippen LogP contribution in [0, 0.1) is 0 Å². The molecule has 0 aliphatic rings. The average Bonchev–Trinajstić information content (AvgIpc) is 1.98. The summed E-state index contributed by atoms with van der Waals surface area (Å²) < 4.78 is 117. The Morgan fingerprint density at radius 2 is 0.750 bits per heavy atom. The molecule has 0 aliphatic heterocycles. The highest BCUT2D eigenvalue weighted by molar-refractivity contribution is 7.85. The fraction of sp³-hybridized carbons (Fsp3) is 1.00. The fourth-order valence-corrected chi connectivity index (χ4v) is 1.77. The van der Waals surface area contributed by atoms with Gasteiger partial charge in [0.25, 0.3) is 0 Å². The Hall–Kier alpha value is 0.0200. The van der Waals surface area contributed by atoms with Gasteiger partial charge in [-0.25, -0.2) is 0 Å². The van der Waals surface area contributed by atoms with Crippen molar-refractivity contribution in [1.29, 1.82) is 0 Å². The van der Waals surface area contributed by atoms with Crippen LogP contribution in [-0.2, 0) is 0 Å². The third kappa shape index (κ3) is 2.64. The number of hydrogen-bond donors (Lipinski definition) is 0. The van der Waals surface area contributed by atoms with Crippen LogP contribution in [0.1, 0.15) is 0 Å². The summed E-state index contributed by atoms with van der Waals surface area (Å²) in [6.45, 7) is 0. The second-order valence-electron chi connectivity index (χ2n) is 2.36. The Morgan fingerprint density at radius 1 is 0.562 bits per heavy atom. The Bertz CT molecular complexity index is 227. The highest BCUT2D eigenvalue weighted by atomic mass is 35.7. The van der Waals surface area contributed by atoms with E-state index in [9.17, 15) is 43.9 Å². The lowest BCUT2D eigenvalue weighted by Crippen LogP contribution is -2.43. The molecule has 0 radical (unpaired) electrons. The van der Waals surface area contributed by atoms with Gasteiger partial charge >= 0.3 is 23.7 Å². The van der Waals surface area contributed by atoms with Crippen LogP contribution in [-0.4, -0.2) is 23.7 Å². The van der Waals surface area contributed by atoms with Crippen LogP contribution >= 0.6 is 18.5 Å². The van der Waals surface area contributed by atoms with Gasteiger partial charge in [0.1, 0.15) is 0 Å². The molecule has 0 aromatic carbocycles. The van der Waals surface area contributed by atoms with Crippen molar-refractivity contribution in [3.8, 4) is 0 Å². The van der Waals surface area contributed by atoms with E-state index >= 15 is 0 Å². The molecule has 0 aromatic heterocycles. The molecule has 0 N–H and O–H groups in total. The van der Waals surface area contributed by atoms with Crippen molar-refractivity contribution in [3.05, 3.63) is 0 Å². The van der Waals surface area contributed by atoms with Gasteiger partial charge in [0.15, 0.2) is 7.27 Å². The molecule has 0 aliphatic carbocycles. The molecule has 0 heterocycles. The van der Waals surface area contributed by atoms with Crippen LogP contribution in [0.2, 0.25) is 0 Å². The van der Waals surface area contributed by atoms with E-state index in [4.69, 9.17) is 0 Å². The zero-order valence-corrected chi connectivity index (χ0v) is 8.26. The maximum atomic E-state index is 12.1. The van der Waals surface area contributed by atoms with Gasteiger partial charge in [0, 0.05) is 0 Å². The van der Waals surface area contributed by atoms with Crippen LogP contribution in [0.3, 0.4) is 0 Å². The number of halogens is 11. The van der Waals surface area contributed by atoms with Crippen molar-refractivity contribution in [1.82, 2.24) is 0 Å². The molecule has 98 valence electrons. The second kappa shape index (κ2) is 4.04. The minimum atomic E-state index is -6.57. The van der Waals surface area contributed by atoms with Crippen LogP contribution in [0.5, 0.6) is 0 Å². The van der Waals surface area contributed by atoms with Gasteiger partial charge in [-0.2, -0.15) is 43.9 Å². The monoisotopic (exact) mass is 304 g/mol. The second-order valence-corrected chi connectivity index (χ2v) is 5.06. The molecule has 0 fully saturated rings. The maximum Gasteiger partial charge on any atom is 0.459 e. The molecule has 12 heteroatoms. The van der Waals surface area contributed by atoms with Crippen molar-refractivity contribution < 1.29 is 43.9 Å². The molecule has 0 atom stereocenters. The molecule has 0 rings (SSSR count). The Kier molecular flexibility index (Phi) is 4.05. The SMILES string of the molecule is FC(F)(F)C(F)(F)P(Cl)C(F)(F)C(F)(F)F. The largest absolute Gasteiger partial charge is 0.459 e. The van der Waals surface area contributed by atoms with E-state index in [-0.39, 0.29) is 0 Å². The number of rotatable bonds is 2. The first-order valence-electron chi connectivity index (χ1n) is 3.01. The lowest BCUT2D eigenvalue weighted by atomic mass is 10.7. The smallest absolute Gasteiger partial charge is 0.190 e. The van der Waals surface area contributed by atoms with E-state index in [1.807, 2.05) is 0 Å². The van der Waals surface area contributed by atoms with Gasteiger partial charge in [-0.05, 0) is 0 Å². The summed E-state index contributed by atoms with van der Waals surface area (Å²) in [5, 5.41) is 0. The normalized spacial score (nSPS) is 15.8. The van der Waals surface area contributed by atoms with E-state index in [0.717, 1.165) is 0 Å². The Balaban J connectivity index is 5.30. The van der Waals surface area contributed by atoms with E-state index in [1.165, 1.54) is 0 Å². The zero-order valence-electron chi connectivity index (χ0n) is 6.60. The van der Waals surface area contributed by atoms with E-state index in [0.29, 0.717) is 0 Å². The lowest BCUT2D eigenvalue weighted by molar-refractivity contribution is -0.260. The maximum absolute atomic E-state index is 12.1. The van der Waals surface area contributed by atoms with Crippen LogP contribution in [0.25, 0.3) is 0 Å². The molecular weight excluding hydrogens is 304 g/mol. The van der Waals surface area contributed by atoms with Crippen LogP contribution in [0.15, 0.2) is 0 Å². The molecule has 0 nitrogen and oxygen atoms in total. The van der Waals surface area contributed by atoms with Crippen molar-refractivity contribution in [3.63, 3.8) is 0 Å². The lowest BCUT2D eigenvalue weighted by Gasteiger charge is -2.30. The van der Waals surface area contributed by atoms with Gasteiger partial charge in [0.2, 0.25) is 0 Å². The third-order valence-corrected chi connectivity index (χ3v) is 3.94. The Morgan fingerprint density at radius 3 is 0.875 bits per heavy atom. The van der Waals surface area contributed by atoms with E-state index in [1.54, 1.807) is 0 Å². The molecule has 0 aromatic rings. The van der Waals surface area contributed by atoms with Crippen molar-refractivity contribution in [2.24, 2.45) is 0 Å². The minimum Gasteiger partial charge on any atom is -0.190 e. The topological polar surface area (TPSA) is 0 Å². The van der Waals surface area contributed by atoms with Crippen molar-refractivity contribution in [2.45, 2.75) is 23.7 Å².